The van der Waals surface area contributed by atoms with Crippen LogP contribution in [0, 0.1) is 5.92 Å². The number of hydrogen-bond donors (Lipinski definition) is 3. The Morgan fingerprint density at radius 2 is 1.88 bits per heavy atom. The molecule has 94 valence electrons. The molecule has 3 N–H and O–H groups in total. The third-order valence-electron chi connectivity index (χ3n) is 2.30. The van der Waals surface area contributed by atoms with Crippen molar-refractivity contribution in [3.63, 3.8) is 0 Å². The van der Waals surface area contributed by atoms with E-state index in [1.807, 2.05) is 13.8 Å². The number of hydrogen-bond acceptors (Lipinski definition) is 3. The van der Waals surface area contributed by atoms with Crippen LogP contribution < -0.4 is 10.6 Å². The quantitative estimate of drug-likeness (QED) is 0.560. The molecule has 0 aromatic carbocycles. The molecule has 1 amide bonds. The van der Waals surface area contributed by atoms with Crippen LogP contribution in [-0.2, 0) is 9.59 Å². The lowest BCUT2D eigenvalue weighted by atomic mass is 9.91. The first-order valence-corrected chi connectivity index (χ1v) is 5.51. The normalized spacial score (nSPS) is 14.6. The molecule has 0 saturated heterocycles. The molecule has 0 aliphatic rings. The molecule has 0 aliphatic heterocycles. The Labute approximate surface area is 96.6 Å². The second-order valence-electron chi connectivity index (χ2n) is 4.64. The van der Waals surface area contributed by atoms with E-state index in [0.29, 0.717) is 25.4 Å². The summed E-state index contributed by atoms with van der Waals surface area (Å²) in [7, 11) is 0. The molecule has 5 heteroatoms. The average Bonchev–Trinajstić information content (AvgIpc) is 2.10. The van der Waals surface area contributed by atoms with Crippen LogP contribution in [0.5, 0.6) is 0 Å². The fourth-order valence-electron chi connectivity index (χ4n) is 1.63. The van der Waals surface area contributed by atoms with Crippen LogP contribution in [0.1, 0.15) is 34.1 Å². The smallest absolute Gasteiger partial charge is 0.323 e. The highest BCUT2D eigenvalue weighted by molar-refractivity contribution is 5.78. The maximum atomic E-state index is 11.1. The summed E-state index contributed by atoms with van der Waals surface area (Å²) < 4.78 is 0. The molecule has 0 spiro atoms. The highest BCUT2D eigenvalue weighted by atomic mass is 16.4. The molecule has 0 rings (SSSR count). The molecule has 16 heavy (non-hydrogen) atoms. The number of carboxylic acids is 1. The van der Waals surface area contributed by atoms with E-state index < -0.39 is 11.5 Å². The van der Waals surface area contributed by atoms with Gasteiger partial charge in [-0.25, -0.2) is 0 Å². The summed E-state index contributed by atoms with van der Waals surface area (Å²) in [5.74, 6) is -0.666. The van der Waals surface area contributed by atoms with Gasteiger partial charge in [-0.15, -0.1) is 0 Å². The highest BCUT2D eigenvalue weighted by Gasteiger charge is 2.32. The van der Waals surface area contributed by atoms with Gasteiger partial charge in [0.15, 0.2) is 0 Å². The van der Waals surface area contributed by atoms with Crippen LogP contribution in [0.2, 0.25) is 0 Å². The Balaban J connectivity index is 4.13. The van der Waals surface area contributed by atoms with Crippen molar-refractivity contribution in [1.29, 1.82) is 0 Å². The van der Waals surface area contributed by atoms with Gasteiger partial charge in [-0.2, -0.15) is 0 Å². The number of carbonyl (C=O) groups excluding carboxylic acids is 1. The van der Waals surface area contributed by atoms with Gasteiger partial charge in [-0.3, -0.25) is 9.59 Å². The molecule has 0 saturated carbocycles. The summed E-state index contributed by atoms with van der Waals surface area (Å²) in [5.41, 5.74) is -0.924. The minimum Gasteiger partial charge on any atom is -0.480 e. The molecule has 0 bridgehead atoms. The Hall–Kier alpha value is -1.10. The van der Waals surface area contributed by atoms with Crippen molar-refractivity contribution in [2.45, 2.75) is 39.7 Å². The zero-order valence-electron chi connectivity index (χ0n) is 10.5. The third-order valence-corrected chi connectivity index (χ3v) is 2.30. The fourth-order valence-corrected chi connectivity index (χ4v) is 1.63. The van der Waals surface area contributed by atoms with Gasteiger partial charge in [0.2, 0.25) is 5.91 Å². The van der Waals surface area contributed by atoms with E-state index in [4.69, 9.17) is 5.11 Å². The van der Waals surface area contributed by atoms with Crippen LogP contribution >= 0.6 is 0 Å². The Morgan fingerprint density at radius 1 is 1.31 bits per heavy atom. The predicted molar refractivity (Wildman–Crippen MR) is 62.2 cm³/mol. The molecular formula is C11H22N2O3. The minimum absolute atomic E-state index is 0.109. The summed E-state index contributed by atoms with van der Waals surface area (Å²) in [5, 5.41) is 14.7. The number of rotatable bonds is 7. The summed E-state index contributed by atoms with van der Waals surface area (Å²) >= 11 is 0. The number of aliphatic carboxylic acids is 1. The van der Waals surface area contributed by atoms with Gasteiger partial charge < -0.3 is 15.7 Å². The van der Waals surface area contributed by atoms with Crippen molar-refractivity contribution in [3.8, 4) is 0 Å². The molecular weight excluding hydrogens is 208 g/mol. The number of carboxylic acid groups (broad SMARTS) is 1. The van der Waals surface area contributed by atoms with Crippen LogP contribution in [-0.4, -0.2) is 35.6 Å². The first kappa shape index (κ1) is 14.9. The van der Waals surface area contributed by atoms with Gasteiger partial charge in [-0.1, -0.05) is 13.8 Å². The number of nitrogens with one attached hydrogen (secondary N) is 2. The standard InChI is InChI=1S/C11H22N2O3/c1-8(2)7-11(4,10(15)16)13-6-5-12-9(3)14/h8,13H,5-7H2,1-4H3,(H,12,14)(H,15,16). The topological polar surface area (TPSA) is 78.4 Å². The van der Waals surface area contributed by atoms with Gasteiger partial charge in [0.1, 0.15) is 5.54 Å². The summed E-state index contributed by atoms with van der Waals surface area (Å²) in [6.07, 6.45) is 0.558. The van der Waals surface area contributed by atoms with Gasteiger partial charge in [0.25, 0.3) is 0 Å². The second kappa shape index (κ2) is 6.48. The molecule has 0 heterocycles. The van der Waals surface area contributed by atoms with E-state index in [2.05, 4.69) is 10.6 Å². The van der Waals surface area contributed by atoms with Crippen molar-refractivity contribution in [2.24, 2.45) is 5.92 Å². The first-order chi connectivity index (χ1) is 7.28. The Morgan fingerprint density at radius 3 is 2.25 bits per heavy atom. The van der Waals surface area contributed by atoms with Crippen LogP contribution in [0.4, 0.5) is 0 Å². The van der Waals surface area contributed by atoms with Crippen molar-refractivity contribution in [3.05, 3.63) is 0 Å². The molecule has 0 aromatic rings. The minimum atomic E-state index is -0.924. The summed E-state index contributed by atoms with van der Waals surface area (Å²) in [6.45, 7) is 7.96. The molecule has 0 aliphatic carbocycles. The summed E-state index contributed by atoms with van der Waals surface area (Å²) in [6, 6.07) is 0. The molecule has 0 radical (unpaired) electrons. The van der Waals surface area contributed by atoms with Gasteiger partial charge in [0, 0.05) is 20.0 Å². The molecule has 0 fully saturated rings. The maximum absolute atomic E-state index is 11.1. The first-order valence-electron chi connectivity index (χ1n) is 5.51. The lowest BCUT2D eigenvalue weighted by molar-refractivity contribution is -0.144. The second-order valence-corrected chi connectivity index (χ2v) is 4.64. The molecule has 1 unspecified atom stereocenters. The van der Waals surface area contributed by atoms with E-state index in [1.165, 1.54) is 6.92 Å². The summed E-state index contributed by atoms with van der Waals surface area (Å²) in [4.78, 5) is 21.8. The molecule has 0 aromatic heterocycles. The van der Waals surface area contributed by atoms with E-state index in [-0.39, 0.29) is 5.91 Å². The molecule has 1 atom stereocenters. The van der Waals surface area contributed by atoms with Crippen molar-refractivity contribution < 1.29 is 14.7 Å². The largest absolute Gasteiger partial charge is 0.480 e. The predicted octanol–water partition coefficient (Wildman–Crippen LogP) is 0.601. The molecule has 5 nitrogen and oxygen atoms in total. The number of amides is 1. The van der Waals surface area contributed by atoms with E-state index >= 15 is 0 Å². The third kappa shape index (κ3) is 5.70. The zero-order valence-corrected chi connectivity index (χ0v) is 10.5. The van der Waals surface area contributed by atoms with Crippen LogP contribution in [0.25, 0.3) is 0 Å². The zero-order chi connectivity index (χ0) is 12.8. The number of carbonyl (C=O) groups is 2. The van der Waals surface area contributed by atoms with Crippen molar-refractivity contribution in [2.75, 3.05) is 13.1 Å². The Bertz CT molecular complexity index is 254. The maximum Gasteiger partial charge on any atom is 0.323 e. The van der Waals surface area contributed by atoms with Crippen molar-refractivity contribution >= 4 is 11.9 Å². The van der Waals surface area contributed by atoms with E-state index in [1.54, 1.807) is 6.92 Å². The Kier molecular flexibility index (Phi) is 6.03. The van der Waals surface area contributed by atoms with Crippen molar-refractivity contribution in [1.82, 2.24) is 10.6 Å². The lowest BCUT2D eigenvalue weighted by Crippen LogP contribution is -2.52. The van der Waals surface area contributed by atoms with E-state index in [0.717, 1.165) is 0 Å². The van der Waals surface area contributed by atoms with Gasteiger partial charge in [0.05, 0.1) is 0 Å². The van der Waals surface area contributed by atoms with Gasteiger partial charge >= 0.3 is 5.97 Å². The van der Waals surface area contributed by atoms with E-state index in [9.17, 15) is 9.59 Å². The lowest BCUT2D eigenvalue weighted by Gasteiger charge is -2.28. The van der Waals surface area contributed by atoms with Crippen LogP contribution in [0.3, 0.4) is 0 Å². The van der Waals surface area contributed by atoms with Gasteiger partial charge in [-0.05, 0) is 19.3 Å². The monoisotopic (exact) mass is 230 g/mol. The highest BCUT2D eigenvalue weighted by Crippen LogP contribution is 2.16. The SMILES string of the molecule is CC(=O)NCCNC(C)(CC(C)C)C(=O)O. The van der Waals surface area contributed by atoms with Crippen LogP contribution in [0.15, 0.2) is 0 Å². The average molecular weight is 230 g/mol. The fraction of sp³-hybridized carbons (Fsp3) is 0.818.